The minimum Gasteiger partial charge on any atom is -0.377 e. The molecule has 0 unspecified atom stereocenters. The Morgan fingerprint density at radius 3 is 2.50 bits per heavy atom. The number of hydrogen-bond acceptors (Lipinski definition) is 5. The van der Waals surface area contributed by atoms with Crippen molar-refractivity contribution in [2.24, 2.45) is 0 Å². The maximum Gasteiger partial charge on any atom is 0.158 e. The summed E-state index contributed by atoms with van der Waals surface area (Å²) in [7, 11) is 1.63. The molecule has 1 heterocycles. The monoisotopic (exact) mass is 336 g/mol. The van der Waals surface area contributed by atoms with Crippen LogP contribution in [0, 0.1) is 0 Å². The normalized spacial score (nSPS) is 10.3. The van der Waals surface area contributed by atoms with Gasteiger partial charge in [0.15, 0.2) is 5.82 Å². The second kappa shape index (κ2) is 7.21. The van der Waals surface area contributed by atoms with Crippen molar-refractivity contribution in [2.75, 3.05) is 24.3 Å². The highest BCUT2D eigenvalue weighted by atomic mass is 79.9. The molecule has 1 aromatic carbocycles. The standard InChI is InChI=1S/C14H17BrN4O/c1-3-16-12-8-13(19-14(18-12)9-20-2)17-11-6-4-10(15)5-7-11/h4-8H,3,9H2,1-2H3,(H2,16,17,18,19). The van der Waals surface area contributed by atoms with Gasteiger partial charge < -0.3 is 15.4 Å². The molecule has 0 fully saturated rings. The van der Waals surface area contributed by atoms with Crippen LogP contribution in [-0.2, 0) is 11.3 Å². The molecule has 5 nitrogen and oxygen atoms in total. The third kappa shape index (κ3) is 4.18. The van der Waals surface area contributed by atoms with Gasteiger partial charge in [0.1, 0.15) is 18.2 Å². The average Bonchev–Trinajstić information content (AvgIpc) is 2.42. The molecule has 0 aliphatic rings. The summed E-state index contributed by atoms with van der Waals surface area (Å²) in [6.45, 7) is 3.22. The van der Waals surface area contributed by atoms with E-state index in [-0.39, 0.29) is 0 Å². The van der Waals surface area contributed by atoms with Gasteiger partial charge in [-0.1, -0.05) is 15.9 Å². The predicted octanol–water partition coefficient (Wildman–Crippen LogP) is 3.56. The molecular formula is C14H17BrN4O. The molecule has 0 saturated heterocycles. The molecule has 2 N–H and O–H groups in total. The van der Waals surface area contributed by atoms with E-state index in [1.807, 2.05) is 37.3 Å². The van der Waals surface area contributed by atoms with Gasteiger partial charge in [-0.3, -0.25) is 0 Å². The van der Waals surface area contributed by atoms with Crippen molar-refractivity contribution in [1.82, 2.24) is 9.97 Å². The van der Waals surface area contributed by atoms with Crippen molar-refractivity contribution >= 4 is 33.3 Å². The first kappa shape index (κ1) is 14.7. The smallest absolute Gasteiger partial charge is 0.158 e. The fourth-order valence-corrected chi connectivity index (χ4v) is 1.97. The van der Waals surface area contributed by atoms with E-state index in [2.05, 4.69) is 36.5 Å². The van der Waals surface area contributed by atoms with Crippen LogP contribution in [0.3, 0.4) is 0 Å². The number of nitrogens with one attached hydrogen (secondary N) is 2. The number of anilines is 3. The lowest BCUT2D eigenvalue weighted by Crippen LogP contribution is -2.06. The third-order valence-electron chi connectivity index (χ3n) is 2.52. The van der Waals surface area contributed by atoms with Crippen LogP contribution in [0.15, 0.2) is 34.8 Å². The van der Waals surface area contributed by atoms with E-state index in [9.17, 15) is 0 Å². The van der Waals surface area contributed by atoms with Gasteiger partial charge >= 0.3 is 0 Å². The SMILES string of the molecule is CCNc1cc(Nc2ccc(Br)cc2)nc(COC)n1. The Balaban J connectivity index is 2.22. The lowest BCUT2D eigenvalue weighted by Gasteiger charge is -2.10. The number of ether oxygens (including phenoxy) is 1. The first-order valence-corrected chi connectivity index (χ1v) is 7.14. The maximum absolute atomic E-state index is 5.10. The maximum atomic E-state index is 5.10. The Morgan fingerprint density at radius 1 is 1.15 bits per heavy atom. The third-order valence-corrected chi connectivity index (χ3v) is 3.05. The quantitative estimate of drug-likeness (QED) is 0.844. The highest BCUT2D eigenvalue weighted by molar-refractivity contribution is 9.10. The van der Waals surface area contributed by atoms with Gasteiger partial charge in [-0.15, -0.1) is 0 Å². The Morgan fingerprint density at radius 2 is 1.85 bits per heavy atom. The van der Waals surface area contributed by atoms with E-state index >= 15 is 0 Å². The summed E-state index contributed by atoms with van der Waals surface area (Å²) in [5, 5.41) is 6.45. The van der Waals surface area contributed by atoms with Crippen molar-refractivity contribution in [1.29, 1.82) is 0 Å². The van der Waals surface area contributed by atoms with Gasteiger partial charge in [-0.25, -0.2) is 9.97 Å². The van der Waals surface area contributed by atoms with E-state index in [4.69, 9.17) is 4.74 Å². The average molecular weight is 337 g/mol. The van der Waals surface area contributed by atoms with Crippen LogP contribution in [0.5, 0.6) is 0 Å². The van der Waals surface area contributed by atoms with Crippen molar-refractivity contribution < 1.29 is 4.74 Å². The molecule has 1 aromatic heterocycles. The molecule has 2 aromatic rings. The van der Waals surface area contributed by atoms with Crippen molar-refractivity contribution in [3.63, 3.8) is 0 Å². The lowest BCUT2D eigenvalue weighted by molar-refractivity contribution is 0.178. The zero-order valence-electron chi connectivity index (χ0n) is 11.5. The van der Waals surface area contributed by atoms with Crippen LogP contribution < -0.4 is 10.6 Å². The van der Waals surface area contributed by atoms with E-state index in [1.54, 1.807) is 7.11 Å². The zero-order chi connectivity index (χ0) is 14.4. The highest BCUT2D eigenvalue weighted by Crippen LogP contribution is 2.20. The highest BCUT2D eigenvalue weighted by Gasteiger charge is 2.04. The lowest BCUT2D eigenvalue weighted by atomic mass is 10.3. The van der Waals surface area contributed by atoms with Crippen LogP contribution in [0.4, 0.5) is 17.3 Å². The van der Waals surface area contributed by atoms with Gasteiger partial charge in [0.25, 0.3) is 0 Å². The number of methoxy groups -OCH3 is 1. The van der Waals surface area contributed by atoms with Crippen molar-refractivity contribution in [3.8, 4) is 0 Å². The molecule has 0 spiro atoms. The second-order valence-electron chi connectivity index (χ2n) is 4.15. The van der Waals surface area contributed by atoms with Gasteiger partial charge in [0.05, 0.1) is 0 Å². The first-order valence-electron chi connectivity index (χ1n) is 6.34. The van der Waals surface area contributed by atoms with Gasteiger partial charge in [0.2, 0.25) is 0 Å². The molecule has 106 valence electrons. The van der Waals surface area contributed by atoms with Gasteiger partial charge in [0, 0.05) is 29.9 Å². The zero-order valence-corrected chi connectivity index (χ0v) is 13.1. The van der Waals surface area contributed by atoms with Crippen LogP contribution in [-0.4, -0.2) is 23.6 Å². The number of aromatic nitrogens is 2. The molecule has 0 saturated carbocycles. The minimum atomic E-state index is 0.383. The molecule has 0 aliphatic carbocycles. The Hall–Kier alpha value is -1.66. The van der Waals surface area contributed by atoms with E-state index in [1.165, 1.54) is 0 Å². The minimum absolute atomic E-state index is 0.383. The fraction of sp³-hybridized carbons (Fsp3) is 0.286. The summed E-state index contributed by atoms with van der Waals surface area (Å²) < 4.78 is 6.14. The topological polar surface area (TPSA) is 59.1 Å². The summed E-state index contributed by atoms with van der Waals surface area (Å²) in [5.41, 5.74) is 0.970. The second-order valence-corrected chi connectivity index (χ2v) is 5.07. The van der Waals surface area contributed by atoms with Gasteiger partial charge in [-0.05, 0) is 31.2 Å². The molecular weight excluding hydrogens is 320 g/mol. The predicted molar refractivity (Wildman–Crippen MR) is 84.3 cm³/mol. The summed E-state index contributed by atoms with van der Waals surface area (Å²) >= 11 is 3.42. The van der Waals surface area contributed by atoms with Crippen molar-refractivity contribution in [2.45, 2.75) is 13.5 Å². The molecule has 2 rings (SSSR count). The van der Waals surface area contributed by atoms with Crippen molar-refractivity contribution in [3.05, 3.63) is 40.6 Å². The largest absolute Gasteiger partial charge is 0.377 e. The van der Waals surface area contributed by atoms with E-state index in [0.29, 0.717) is 12.4 Å². The first-order chi connectivity index (χ1) is 9.71. The van der Waals surface area contributed by atoms with E-state index in [0.717, 1.165) is 28.3 Å². The summed E-state index contributed by atoms with van der Waals surface area (Å²) in [6, 6.07) is 9.80. The molecule has 0 bridgehead atoms. The Bertz CT molecular complexity index is 535. The molecule has 6 heteroatoms. The Labute approximate surface area is 126 Å². The number of nitrogens with zero attached hydrogens (tertiary/aromatic N) is 2. The molecule has 20 heavy (non-hydrogen) atoms. The summed E-state index contributed by atoms with van der Waals surface area (Å²) in [6.07, 6.45) is 0. The van der Waals surface area contributed by atoms with Gasteiger partial charge in [-0.2, -0.15) is 0 Å². The fourth-order valence-electron chi connectivity index (χ4n) is 1.71. The van der Waals surface area contributed by atoms with Crippen LogP contribution in [0.1, 0.15) is 12.7 Å². The molecule has 0 amide bonds. The summed E-state index contributed by atoms with van der Waals surface area (Å²) in [4.78, 5) is 8.80. The number of benzene rings is 1. The molecule has 0 aliphatic heterocycles. The summed E-state index contributed by atoms with van der Waals surface area (Å²) in [5.74, 6) is 2.17. The number of rotatable bonds is 6. The number of halogens is 1. The molecule has 0 radical (unpaired) electrons. The van der Waals surface area contributed by atoms with Crippen LogP contribution in [0.2, 0.25) is 0 Å². The van der Waals surface area contributed by atoms with Crippen LogP contribution in [0.25, 0.3) is 0 Å². The number of hydrogen-bond donors (Lipinski definition) is 2. The molecule has 0 atom stereocenters. The Kier molecular flexibility index (Phi) is 5.31. The van der Waals surface area contributed by atoms with E-state index < -0.39 is 0 Å². The van der Waals surface area contributed by atoms with Crippen LogP contribution >= 0.6 is 15.9 Å².